The molecule has 0 rings (SSSR count). The Morgan fingerprint density at radius 3 is 1.77 bits per heavy atom. The van der Waals surface area contributed by atoms with Gasteiger partial charge in [-0.1, -0.05) is 15.9 Å². The van der Waals surface area contributed by atoms with Gasteiger partial charge >= 0.3 is 0 Å². The summed E-state index contributed by atoms with van der Waals surface area (Å²) in [6, 6.07) is 0. The molecule has 0 fully saturated rings. The molecular formula is C9H21BrClNO. The highest BCUT2D eigenvalue weighted by molar-refractivity contribution is 9.09. The first kappa shape index (κ1) is 16.1. The second-order valence-corrected chi connectivity index (χ2v) is 3.93. The Balaban J connectivity index is 0. The quantitative estimate of drug-likeness (QED) is 0.468. The average molecular weight is 275 g/mol. The summed E-state index contributed by atoms with van der Waals surface area (Å²) >= 11 is 3.29. The Labute approximate surface area is 96.4 Å². The van der Waals surface area contributed by atoms with Crippen LogP contribution in [0.1, 0.15) is 20.8 Å². The van der Waals surface area contributed by atoms with Gasteiger partial charge in [0.1, 0.15) is 12.6 Å². The van der Waals surface area contributed by atoms with Crippen LogP contribution in [0, 0.1) is 0 Å². The van der Waals surface area contributed by atoms with Gasteiger partial charge < -0.3 is 22.0 Å². The van der Waals surface area contributed by atoms with E-state index in [9.17, 15) is 5.11 Å². The molecule has 0 radical (unpaired) electrons. The van der Waals surface area contributed by atoms with Crippen molar-refractivity contribution in [3.8, 4) is 0 Å². The van der Waals surface area contributed by atoms with Gasteiger partial charge in [0.25, 0.3) is 0 Å². The molecule has 2 nitrogen and oxygen atoms in total. The van der Waals surface area contributed by atoms with E-state index in [4.69, 9.17) is 0 Å². The summed E-state index contributed by atoms with van der Waals surface area (Å²) in [5.41, 5.74) is 0. The molecule has 0 aromatic heterocycles. The maximum atomic E-state index is 9.52. The second kappa shape index (κ2) is 8.04. The van der Waals surface area contributed by atoms with Gasteiger partial charge in [0.15, 0.2) is 0 Å². The van der Waals surface area contributed by atoms with E-state index in [1.54, 1.807) is 0 Å². The van der Waals surface area contributed by atoms with Crippen LogP contribution in [0.3, 0.4) is 0 Å². The summed E-state index contributed by atoms with van der Waals surface area (Å²) in [5, 5.41) is 10.2. The van der Waals surface area contributed by atoms with E-state index in [0.29, 0.717) is 5.33 Å². The molecule has 0 aromatic rings. The number of halogens is 2. The Bertz CT molecular complexity index is 112. The molecule has 1 N–H and O–H groups in total. The average Bonchev–Trinajstić information content (AvgIpc) is 2.14. The van der Waals surface area contributed by atoms with E-state index < -0.39 is 0 Å². The zero-order valence-corrected chi connectivity index (χ0v) is 11.1. The zero-order valence-electron chi connectivity index (χ0n) is 8.76. The van der Waals surface area contributed by atoms with Gasteiger partial charge in [0.05, 0.1) is 19.6 Å². The maximum Gasteiger partial charge on any atom is 0.113 e. The van der Waals surface area contributed by atoms with Crippen molar-refractivity contribution in [2.45, 2.75) is 26.9 Å². The van der Waals surface area contributed by atoms with Gasteiger partial charge in [-0.15, -0.1) is 0 Å². The summed E-state index contributed by atoms with van der Waals surface area (Å²) < 4.78 is 1.02. The van der Waals surface area contributed by atoms with Crippen LogP contribution in [-0.2, 0) is 0 Å². The monoisotopic (exact) mass is 273 g/mol. The van der Waals surface area contributed by atoms with Gasteiger partial charge in [0.2, 0.25) is 0 Å². The van der Waals surface area contributed by atoms with Crippen LogP contribution in [0.5, 0.6) is 0 Å². The Hall–Kier alpha value is 0.690. The number of nitrogens with zero attached hydrogens (tertiary/aromatic N) is 1. The number of hydrogen-bond acceptors (Lipinski definition) is 1. The van der Waals surface area contributed by atoms with Gasteiger partial charge in [0, 0.05) is 5.33 Å². The molecule has 0 heterocycles. The van der Waals surface area contributed by atoms with Gasteiger partial charge in [-0.05, 0) is 20.8 Å². The summed E-state index contributed by atoms with van der Waals surface area (Å²) in [6.07, 6.45) is -0.204. The van der Waals surface area contributed by atoms with Gasteiger partial charge in [-0.3, -0.25) is 0 Å². The Morgan fingerprint density at radius 1 is 1.15 bits per heavy atom. The lowest BCUT2D eigenvalue weighted by molar-refractivity contribution is -0.925. The first-order chi connectivity index (χ1) is 5.64. The largest absolute Gasteiger partial charge is 1.00 e. The molecule has 0 spiro atoms. The molecule has 0 bridgehead atoms. The third-order valence-electron chi connectivity index (χ3n) is 2.79. The lowest BCUT2D eigenvalue weighted by atomic mass is 10.2. The fourth-order valence-electron chi connectivity index (χ4n) is 1.55. The highest BCUT2D eigenvalue weighted by Crippen LogP contribution is 2.08. The molecule has 0 aliphatic rings. The van der Waals surface area contributed by atoms with Crippen molar-refractivity contribution in [1.29, 1.82) is 0 Å². The van der Waals surface area contributed by atoms with E-state index in [2.05, 4.69) is 36.7 Å². The van der Waals surface area contributed by atoms with E-state index >= 15 is 0 Å². The molecule has 4 heteroatoms. The molecule has 13 heavy (non-hydrogen) atoms. The van der Waals surface area contributed by atoms with Gasteiger partial charge in [-0.25, -0.2) is 0 Å². The number of rotatable bonds is 6. The van der Waals surface area contributed by atoms with Crippen molar-refractivity contribution in [2.24, 2.45) is 0 Å². The SMILES string of the molecule is CC[N+](CC)(CC)CC(O)CBr.[Cl-]. The minimum absolute atomic E-state index is 0. The van der Waals surface area contributed by atoms with Crippen molar-refractivity contribution in [1.82, 2.24) is 0 Å². The molecule has 0 aromatic carbocycles. The molecule has 0 saturated carbocycles. The predicted molar refractivity (Wildman–Crippen MR) is 56.6 cm³/mol. The fourth-order valence-corrected chi connectivity index (χ4v) is 1.76. The lowest BCUT2D eigenvalue weighted by Crippen LogP contribution is -3.00. The molecule has 1 atom stereocenters. The van der Waals surface area contributed by atoms with Crippen LogP contribution in [0.25, 0.3) is 0 Å². The van der Waals surface area contributed by atoms with E-state index in [0.717, 1.165) is 30.7 Å². The van der Waals surface area contributed by atoms with Crippen LogP contribution in [0.15, 0.2) is 0 Å². The highest BCUT2D eigenvalue weighted by Gasteiger charge is 2.23. The number of quaternary nitrogens is 1. The molecule has 0 aliphatic carbocycles. The van der Waals surface area contributed by atoms with Crippen LogP contribution in [-0.4, -0.2) is 47.2 Å². The standard InChI is InChI=1S/C9H21BrNO.ClH/c1-4-11(5-2,6-3)8-9(12)7-10;/h9,12H,4-8H2,1-3H3;1H/q+1;/p-1. The number of likely N-dealkylation sites (N-methyl/N-ethyl adjacent to an activating group) is 1. The lowest BCUT2D eigenvalue weighted by Gasteiger charge is -2.37. The molecule has 0 saturated heterocycles. The van der Waals surface area contributed by atoms with Crippen molar-refractivity contribution < 1.29 is 22.0 Å². The predicted octanol–water partition coefficient (Wildman–Crippen LogP) is -1.38. The molecule has 0 amide bonds. The number of aliphatic hydroxyl groups excluding tert-OH is 1. The van der Waals surface area contributed by atoms with E-state index in [-0.39, 0.29) is 18.5 Å². The van der Waals surface area contributed by atoms with Crippen molar-refractivity contribution in [3.63, 3.8) is 0 Å². The maximum absolute atomic E-state index is 9.52. The van der Waals surface area contributed by atoms with Crippen LogP contribution < -0.4 is 12.4 Å². The first-order valence-electron chi connectivity index (χ1n) is 4.73. The van der Waals surface area contributed by atoms with Gasteiger partial charge in [-0.2, -0.15) is 0 Å². The van der Waals surface area contributed by atoms with E-state index in [1.807, 2.05) is 0 Å². The molecule has 0 aliphatic heterocycles. The summed E-state index contributed by atoms with van der Waals surface area (Å²) in [6.45, 7) is 10.8. The fraction of sp³-hybridized carbons (Fsp3) is 1.00. The third kappa shape index (κ3) is 5.21. The number of alkyl halides is 1. The Kier molecular flexibility index (Phi) is 9.97. The number of hydrogen-bond donors (Lipinski definition) is 1. The van der Waals surface area contributed by atoms with Crippen LogP contribution in [0.4, 0.5) is 0 Å². The minimum Gasteiger partial charge on any atom is -1.00 e. The molecular weight excluding hydrogens is 253 g/mol. The summed E-state index contributed by atoms with van der Waals surface area (Å²) in [5.74, 6) is 0. The summed E-state index contributed by atoms with van der Waals surface area (Å²) in [7, 11) is 0. The smallest absolute Gasteiger partial charge is 0.113 e. The Morgan fingerprint density at radius 2 is 1.54 bits per heavy atom. The second-order valence-electron chi connectivity index (χ2n) is 3.28. The minimum atomic E-state index is -0.204. The van der Waals surface area contributed by atoms with Crippen molar-refractivity contribution in [3.05, 3.63) is 0 Å². The molecule has 82 valence electrons. The third-order valence-corrected chi connectivity index (χ3v) is 3.54. The molecule has 1 unspecified atom stereocenters. The zero-order chi connectivity index (χ0) is 9.61. The first-order valence-corrected chi connectivity index (χ1v) is 5.85. The summed E-state index contributed by atoms with van der Waals surface area (Å²) in [4.78, 5) is 0. The van der Waals surface area contributed by atoms with Crippen molar-refractivity contribution >= 4 is 15.9 Å². The normalized spacial score (nSPS) is 13.6. The van der Waals surface area contributed by atoms with Crippen LogP contribution in [0.2, 0.25) is 0 Å². The van der Waals surface area contributed by atoms with E-state index in [1.165, 1.54) is 0 Å². The van der Waals surface area contributed by atoms with Crippen molar-refractivity contribution in [2.75, 3.05) is 31.5 Å². The number of aliphatic hydroxyl groups is 1. The van der Waals surface area contributed by atoms with Crippen LogP contribution >= 0.6 is 15.9 Å². The highest BCUT2D eigenvalue weighted by atomic mass is 79.9. The topological polar surface area (TPSA) is 20.2 Å².